The van der Waals surface area contributed by atoms with Gasteiger partial charge in [0, 0.05) is 4.28 Å². The Kier molecular flexibility index (Phi) is 6.01. The van der Waals surface area contributed by atoms with Gasteiger partial charge in [0.15, 0.2) is 0 Å². The smallest absolute Gasteiger partial charge is 0 e. The van der Waals surface area contributed by atoms with Crippen LogP contribution in [0, 0.1) is 58.2 Å². The van der Waals surface area contributed by atoms with Crippen LogP contribution in [0.25, 0.3) is 0 Å². The first-order chi connectivity index (χ1) is 13.3. The summed E-state index contributed by atoms with van der Waals surface area (Å²) in [6.45, 7) is 15.4. The fourth-order valence-corrected chi connectivity index (χ4v) is 9.50. The van der Waals surface area contributed by atoms with E-state index in [1.807, 2.05) is 0 Å². The molecular weight excluding hydrogens is 336 g/mol. The highest BCUT2D eigenvalue weighted by Gasteiger charge is 2.60. The first kappa shape index (κ1) is 21.2. The summed E-state index contributed by atoms with van der Waals surface area (Å²) in [7, 11) is 0. The molecule has 0 bridgehead atoms. The minimum absolute atomic E-state index is 0. The summed E-state index contributed by atoms with van der Waals surface area (Å²) in [5, 5.41) is 0. The molecule has 0 aromatic carbocycles. The monoisotopic (exact) mass is 392 g/mol. The highest BCUT2D eigenvalue weighted by Crippen LogP contribution is 2.68. The van der Waals surface area contributed by atoms with Crippen molar-refractivity contribution in [2.24, 2.45) is 58.2 Å². The summed E-state index contributed by atoms with van der Waals surface area (Å²) in [5.41, 5.74) is 1.36. The lowest BCUT2D eigenvalue weighted by atomic mass is 9.44. The average molecular weight is 393 g/mol. The zero-order valence-corrected chi connectivity index (χ0v) is 20.1. The number of fused-ring (bicyclic) bond motifs is 5. The van der Waals surface area contributed by atoms with Crippen LogP contribution in [-0.2, 0) is 0 Å². The van der Waals surface area contributed by atoms with Gasteiger partial charge in [-0.05, 0) is 110 Å². The van der Waals surface area contributed by atoms with Gasteiger partial charge < -0.3 is 0 Å². The van der Waals surface area contributed by atoms with Gasteiger partial charge in [-0.3, -0.25) is 0 Å². The number of hydrogen-bond donors (Lipinski definition) is 0. The molecule has 0 N–H and O–H groups in total. The zero-order valence-electron chi connectivity index (χ0n) is 20.1. The number of rotatable bonds is 5. The van der Waals surface area contributed by atoms with Gasteiger partial charge in [0.05, 0.1) is 0 Å². The van der Waals surface area contributed by atoms with Crippen LogP contribution in [0.3, 0.4) is 0 Å². The Morgan fingerprint density at radius 2 is 1.54 bits per heavy atom. The molecule has 168 valence electrons. The molecule has 0 aromatic heterocycles. The number of hydrogen-bond acceptors (Lipinski definition) is 0. The lowest BCUT2D eigenvalue weighted by Crippen LogP contribution is -2.53. The van der Waals surface area contributed by atoms with E-state index in [9.17, 15) is 0 Å². The van der Waals surface area contributed by atoms with Crippen molar-refractivity contribution in [3.63, 3.8) is 0 Å². The maximum absolute atomic E-state index is 2.75. The molecule has 28 heavy (non-hydrogen) atoms. The van der Waals surface area contributed by atoms with Gasteiger partial charge in [0.1, 0.15) is 0 Å². The van der Waals surface area contributed by atoms with Gasteiger partial charge in [-0.25, -0.2) is 0 Å². The summed E-state index contributed by atoms with van der Waals surface area (Å²) >= 11 is 0. The van der Waals surface area contributed by atoms with E-state index in [0.29, 0.717) is 10.8 Å². The van der Waals surface area contributed by atoms with Gasteiger partial charge >= 0.3 is 0 Å². The summed E-state index contributed by atoms with van der Waals surface area (Å²) in [6.07, 6.45) is 18.3. The molecule has 4 aliphatic rings. The molecular formula is C28H56. The largest absolute Gasteiger partial charge is 0.0628 e. The van der Waals surface area contributed by atoms with Crippen LogP contribution in [0.2, 0.25) is 0 Å². The Hall–Kier alpha value is 0. The summed E-state index contributed by atoms with van der Waals surface area (Å²) in [4.78, 5) is 0. The Labute approximate surface area is 181 Å². The lowest BCUT2D eigenvalue weighted by molar-refractivity contribution is -0.120. The Bertz CT molecular complexity index is 548. The van der Waals surface area contributed by atoms with Crippen LogP contribution in [0.1, 0.15) is 123 Å². The van der Waals surface area contributed by atoms with Gasteiger partial charge in [-0.1, -0.05) is 67.2 Å². The zero-order chi connectivity index (χ0) is 20.1. The first-order valence-electron chi connectivity index (χ1n) is 13.3. The van der Waals surface area contributed by atoms with Crippen LogP contribution in [0.4, 0.5) is 0 Å². The standard InChI is InChI=1S/C28H50.3H2/c1-19(2)8-7-9-21(4)24-12-13-25-23-11-10-22-18-20(3)14-16-27(22,5)26(23)15-17-28(24,25)6;;;/h19-26H,7-18H2,1-6H3;3*1H/t20-,21+,22?,23-,24+,25?,26?,27-,28+;;;/m0.../s1. The summed E-state index contributed by atoms with van der Waals surface area (Å²) in [6, 6.07) is 0. The van der Waals surface area contributed by atoms with Crippen LogP contribution in [0.15, 0.2) is 0 Å². The van der Waals surface area contributed by atoms with E-state index < -0.39 is 0 Å². The van der Waals surface area contributed by atoms with Crippen molar-refractivity contribution in [2.45, 2.75) is 119 Å². The molecule has 0 aromatic rings. The van der Waals surface area contributed by atoms with E-state index >= 15 is 0 Å². The van der Waals surface area contributed by atoms with E-state index in [4.69, 9.17) is 0 Å². The molecule has 9 atom stereocenters. The molecule has 0 radical (unpaired) electrons. The molecule has 4 saturated carbocycles. The fraction of sp³-hybridized carbons (Fsp3) is 1.00. The molecule has 0 spiro atoms. The van der Waals surface area contributed by atoms with Crippen LogP contribution >= 0.6 is 0 Å². The Balaban J connectivity index is 0.00000160. The lowest BCUT2D eigenvalue weighted by Gasteiger charge is -2.61. The van der Waals surface area contributed by atoms with E-state index in [1.165, 1.54) is 32.1 Å². The van der Waals surface area contributed by atoms with Crippen molar-refractivity contribution in [1.82, 2.24) is 0 Å². The maximum atomic E-state index is 2.75. The van der Waals surface area contributed by atoms with Crippen molar-refractivity contribution in [1.29, 1.82) is 0 Å². The highest BCUT2D eigenvalue weighted by atomic mass is 14.6. The predicted molar refractivity (Wildman–Crippen MR) is 129 cm³/mol. The molecule has 0 nitrogen and oxygen atoms in total. The van der Waals surface area contributed by atoms with E-state index in [2.05, 4.69) is 41.5 Å². The topological polar surface area (TPSA) is 0 Å². The van der Waals surface area contributed by atoms with Gasteiger partial charge in [0.25, 0.3) is 0 Å². The third kappa shape index (κ3) is 3.51. The molecule has 4 fully saturated rings. The molecule has 0 heterocycles. The van der Waals surface area contributed by atoms with Crippen molar-refractivity contribution < 1.29 is 4.28 Å². The second-order valence-corrected chi connectivity index (χ2v) is 13.1. The first-order valence-corrected chi connectivity index (χ1v) is 13.3. The molecule has 0 saturated heterocycles. The minimum Gasteiger partial charge on any atom is -0.0628 e. The summed E-state index contributed by atoms with van der Waals surface area (Å²) in [5.74, 6) is 8.08. The Morgan fingerprint density at radius 3 is 2.29 bits per heavy atom. The van der Waals surface area contributed by atoms with Crippen LogP contribution < -0.4 is 0 Å². The van der Waals surface area contributed by atoms with Crippen LogP contribution in [0.5, 0.6) is 0 Å². The minimum atomic E-state index is 0. The van der Waals surface area contributed by atoms with Gasteiger partial charge in [-0.15, -0.1) is 0 Å². The van der Waals surface area contributed by atoms with Gasteiger partial charge in [0.2, 0.25) is 0 Å². The fourth-order valence-electron chi connectivity index (χ4n) is 9.50. The predicted octanol–water partition coefficient (Wildman–Crippen LogP) is 9.48. The molecule has 0 amide bonds. The van der Waals surface area contributed by atoms with Crippen LogP contribution in [-0.4, -0.2) is 0 Å². The quantitative estimate of drug-likeness (QED) is 0.437. The summed E-state index contributed by atoms with van der Waals surface area (Å²) < 4.78 is 0. The molecule has 4 aliphatic carbocycles. The average Bonchev–Trinajstić information content (AvgIpc) is 2.99. The highest BCUT2D eigenvalue weighted by molar-refractivity contribution is 5.09. The van der Waals surface area contributed by atoms with E-state index in [0.717, 1.165) is 47.3 Å². The second kappa shape index (κ2) is 7.92. The van der Waals surface area contributed by atoms with Crippen molar-refractivity contribution in [3.05, 3.63) is 0 Å². The SMILES string of the molecule is CC(C)CCC[C@@H](C)[C@H]1CCC2[C@@H]3CCC4C[C@@H](C)CC[C@]4(C)C3CC[C@@]21C.[HH].[HH].[HH]. The van der Waals surface area contributed by atoms with Crippen molar-refractivity contribution >= 4 is 0 Å². The maximum Gasteiger partial charge on any atom is 0 e. The molecule has 0 heteroatoms. The van der Waals surface area contributed by atoms with E-state index in [1.54, 1.807) is 44.9 Å². The third-order valence-electron chi connectivity index (χ3n) is 11.1. The molecule has 0 aliphatic heterocycles. The van der Waals surface area contributed by atoms with Crippen molar-refractivity contribution in [2.75, 3.05) is 0 Å². The van der Waals surface area contributed by atoms with Gasteiger partial charge in [-0.2, -0.15) is 0 Å². The van der Waals surface area contributed by atoms with E-state index in [-0.39, 0.29) is 4.28 Å². The normalized spacial score (nSPS) is 49.4. The second-order valence-electron chi connectivity index (χ2n) is 13.1. The third-order valence-corrected chi connectivity index (χ3v) is 11.1. The molecule has 3 unspecified atom stereocenters. The Morgan fingerprint density at radius 1 is 0.821 bits per heavy atom. The van der Waals surface area contributed by atoms with Crippen molar-refractivity contribution in [3.8, 4) is 0 Å². The molecule has 4 rings (SSSR count).